The van der Waals surface area contributed by atoms with Gasteiger partial charge in [-0.2, -0.15) is 0 Å². The van der Waals surface area contributed by atoms with Crippen LogP contribution in [0.3, 0.4) is 0 Å². The number of aryl methyl sites for hydroxylation is 1. The lowest BCUT2D eigenvalue weighted by atomic mass is 10.0. The lowest BCUT2D eigenvalue weighted by Gasteiger charge is -2.28. The van der Waals surface area contributed by atoms with Crippen LogP contribution in [-0.2, 0) is 4.57 Å². The third kappa shape index (κ3) is 4.22. The molecular weight excluding hydrogens is 371 g/mol. The average molecular weight is 394 g/mol. The molecule has 0 aliphatic rings. The van der Waals surface area contributed by atoms with E-state index in [-0.39, 0.29) is 4.92 Å². The molecule has 6 heteroatoms. The predicted octanol–water partition coefficient (Wildman–Crippen LogP) is 4.22. The van der Waals surface area contributed by atoms with E-state index in [2.05, 4.69) is 5.09 Å². The molecule has 0 aliphatic carbocycles. The zero-order valence-electron chi connectivity index (χ0n) is 15.9. The van der Waals surface area contributed by atoms with Crippen molar-refractivity contribution >= 4 is 17.9 Å². The molecule has 0 saturated carbocycles. The normalized spacial score (nSPS) is 13.6. The first-order chi connectivity index (χ1) is 13.4. The summed E-state index contributed by atoms with van der Waals surface area (Å²) >= 11 is 0. The first-order valence-corrected chi connectivity index (χ1v) is 10.8. The van der Waals surface area contributed by atoms with Crippen LogP contribution in [0.1, 0.15) is 24.1 Å². The monoisotopic (exact) mass is 394 g/mol. The van der Waals surface area contributed by atoms with Gasteiger partial charge in [-0.1, -0.05) is 66.2 Å². The molecule has 0 radical (unpaired) electrons. The smallest absolute Gasteiger partial charge is 0.229 e. The summed E-state index contributed by atoms with van der Waals surface area (Å²) in [6, 6.07) is 24.1. The third-order valence-corrected chi connectivity index (χ3v) is 7.50. The summed E-state index contributed by atoms with van der Waals surface area (Å²) in [5, 5.41) is 16.0. The van der Waals surface area contributed by atoms with E-state index in [0.717, 1.165) is 11.1 Å². The molecule has 0 aromatic heterocycles. The Kier molecular flexibility index (Phi) is 6.08. The van der Waals surface area contributed by atoms with Crippen molar-refractivity contribution in [1.29, 1.82) is 0 Å². The minimum absolute atomic E-state index is 0.335. The zero-order chi connectivity index (χ0) is 20.1. The maximum absolute atomic E-state index is 14.3. The minimum Gasteiger partial charge on any atom is -0.296 e. The Bertz CT molecular complexity index is 932. The molecule has 3 rings (SSSR count). The summed E-state index contributed by atoms with van der Waals surface area (Å²) in [4.78, 5) is 11.3. The van der Waals surface area contributed by atoms with Crippen LogP contribution in [0.25, 0.3) is 0 Å². The number of nitro groups is 1. The van der Waals surface area contributed by atoms with E-state index in [0.29, 0.717) is 10.6 Å². The van der Waals surface area contributed by atoms with Gasteiger partial charge < -0.3 is 0 Å². The highest BCUT2D eigenvalue weighted by Gasteiger charge is 2.37. The average Bonchev–Trinajstić information content (AvgIpc) is 2.73. The van der Waals surface area contributed by atoms with Crippen LogP contribution in [0.2, 0.25) is 0 Å². The van der Waals surface area contributed by atoms with Crippen LogP contribution in [0.15, 0.2) is 84.9 Å². The number of rotatable bonds is 7. The van der Waals surface area contributed by atoms with Crippen molar-refractivity contribution in [2.45, 2.75) is 25.9 Å². The van der Waals surface area contributed by atoms with Crippen LogP contribution in [0, 0.1) is 17.0 Å². The topological polar surface area (TPSA) is 72.2 Å². The molecular formula is C22H23N2O3P. The molecule has 0 saturated heterocycles. The van der Waals surface area contributed by atoms with Crippen molar-refractivity contribution in [2.24, 2.45) is 0 Å². The number of nitrogens with one attached hydrogen (secondary N) is 1. The van der Waals surface area contributed by atoms with Crippen molar-refractivity contribution in [3.63, 3.8) is 0 Å². The molecule has 2 atom stereocenters. The van der Waals surface area contributed by atoms with Gasteiger partial charge >= 0.3 is 0 Å². The van der Waals surface area contributed by atoms with Gasteiger partial charge in [-0.3, -0.25) is 14.7 Å². The molecule has 0 fully saturated rings. The molecule has 144 valence electrons. The SMILES string of the molecule is Cc1ccc([C@H](NP(=O)(c2ccccc2)c2ccccc2)C(C)[N+](=O)[O-])cc1. The molecule has 28 heavy (non-hydrogen) atoms. The molecule has 0 amide bonds. The van der Waals surface area contributed by atoms with E-state index in [4.69, 9.17) is 0 Å². The van der Waals surface area contributed by atoms with Gasteiger partial charge in [-0.15, -0.1) is 0 Å². The zero-order valence-corrected chi connectivity index (χ0v) is 16.8. The molecule has 0 aliphatic heterocycles. The quantitative estimate of drug-likeness (QED) is 0.370. The van der Waals surface area contributed by atoms with Crippen molar-refractivity contribution in [3.05, 3.63) is 106 Å². The molecule has 0 heterocycles. The van der Waals surface area contributed by atoms with Gasteiger partial charge in [0.2, 0.25) is 13.3 Å². The van der Waals surface area contributed by atoms with Crippen LogP contribution < -0.4 is 15.7 Å². The van der Waals surface area contributed by atoms with Crippen LogP contribution in [0.5, 0.6) is 0 Å². The van der Waals surface area contributed by atoms with Crippen LogP contribution in [-0.4, -0.2) is 11.0 Å². The molecule has 0 spiro atoms. The second-order valence-corrected chi connectivity index (χ2v) is 9.33. The largest absolute Gasteiger partial charge is 0.296 e. The number of hydrogen-bond acceptors (Lipinski definition) is 3. The second kappa shape index (κ2) is 8.51. The maximum Gasteiger partial charge on any atom is 0.229 e. The lowest BCUT2D eigenvalue weighted by molar-refractivity contribution is -0.522. The van der Waals surface area contributed by atoms with E-state index < -0.39 is 19.4 Å². The lowest BCUT2D eigenvalue weighted by Crippen LogP contribution is -2.38. The summed E-state index contributed by atoms with van der Waals surface area (Å²) in [6.45, 7) is 3.50. The van der Waals surface area contributed by atoms with Gasteiger partial charge in [0.05, 0.1) is 0 Å². The van der Waals surface area contributed by atoms with E-state index in [1.807, 2.05) is 67.6 Å². The molecule has 3 aromatic rings. The fourth-order valence-corrected chi connectivity index (χ4v) is 5.66. The van der Waals surface area contributed by atoms with Gasteiger partial charge in [0, 0.05) is 22.5 Å². The van der Waals surface area contributed by atoms with Crippen LogP contribution >= 0.6 is 7.29 Å². The Morgan fingerprint density at radius 2 is 1.32 bits per heavy atom. The van der Waals surface area contributed by atoms with Crippen molar-refractivity contribution < 1.29 is 9.49 Å². The third-order valence-electron chi connectivity index (χ3n) is 4.81. The fraction of sp³-hybridized carbons (Fsp3) is 0.182. The highest BCUT2D eigenvalue weighted by atomic mass is 31.2. The van der Waals surface area contributed by atoms with Crippen molar-refractivity contribution in [3.8, 4) is 0 Å². The predicted molar refractivity (Wildman–Crippen MR) is 113 cm³/mol. The Labute approximate surface area is 165 Å². The first-order valence-electron chi connectivity index (χ1n) is 9.11. The fourth-order valence-electron chi connectivity index (χ4n) is 3.13. The Morgan fingerprint density at radius 1 is 0.857 bits per heavy atom. The van der Waals surface area contributed by atoms with Gasteiger partial charge in [-0.25, -0.2) is 5.09 Å². The summed E-state index contributed by atoms with van der Waals surface area (Å²) in [7, 11) is -3.31. The Balaban J connectivity index is 2.12. The van der Waals surface area contributed by atoms with Gasteiger partial charge in [-0.05, 0) is 36.8 Å². The minimum atomic E-state index is -3.31. The van der Waals surface area contributed by atoms with Gasteiger partial charge in [0.1, 0.15) is 6.04 Å². The van der Waals surface area contributed by atoms with E-state index in [1.165, 1.54) is 6.92 Å². The highest BCUT2D eigenvalue weighted by molar-refractivity contribution is 7.76. The van der Waals surface area contributed by atoms with Crippen molar-refractivity contribution in [2.75, 3.05) is 0 Å². The van der Waals surface area contributed by atoms with Crippen LogP contribution in [0.4, 0.5) is 0 Å². The first kappa shape index (κ1) is 20.0. The molecule has 5 nitrogen and oxygen atoms in total. The van der Waals surface area contributed by atoms with E-state index in [9.17, 15) is 14.7 Å². The standard InChI is InChI=1S/C22H23N2O3P/c1-17-13-15-19(16-14-17)22(18(2)24(25)26)23-28(27,20-9-5-3-6-10-20)21-11-7-4-8-12-21/h3-16,18,22H,1-2H3,(H,23,27)/t18?,22-/m1/s1. The molecule has 3 aromatic carbocycles. The molecule has 1 unspecified atom stereocenters. The van der Waals surface area contributed by atoms with E-state index in [1.54, 1.807) is 24.3 Å². The van der Waals surface area contributed by atoms with Gasteiger partial charge in [0.25, 0.3) is 0 Å². The number of nitrogens with zero attached hydrogens (tertiary/aromatic N) is 1. The second-order valence-electron chi connectivity index (χ2n) is 6.82. The Hall–Kier alpha value is -2.75. The number of benzene rings is 3. The summed E-state index contributed by atoms with van der Waals surface area (Å²) in [6.07, 6.45) is 0. The Morgan fingerprint density at radius 3 is 1.75 bits per heavy atom. The summed E-state index contributed by atoms with van der Waals surface area (Å²) in [5.74, 6) is 0. The van der Waals surface area contributed by atoms with Gasteiger partial charge in [0.15, 0.2) is 0 Å². The summed E-state index contributed by atoms with van der Waals surface area (Å²) < 4.78 is 14.3. The molecule has 0 bridgehead atoms. The van der Waals surface area contributed by atoms with Crippen molar-refractivity contribution in [1.82, 2.24) is 5.09 Å². The van der Waals surface area contributed by atoms with E-state index >= 15 is 0 Å². The highest BCUT2D eigenvalue weighted by Crippen LogP contribution is 2.42. The molecule has 1 N–H and O–H groups in total. The summed E-state index contributed by atoms with van der Waals surface area (Å²) in [5.41, 5.74) is 1.80. The maximum atomic E-state index is 14.3. The number of hydrogen-bond donors (Lipinski definition) is 1.